The van der Waals surface area contributed by atoms with Crippen molar-refractivity contribution >= 4 is 29.1 Å². The Balaban J connectivity index is 1.89. The molecule has 1 aromatic rings. The number of carbonyl (C=O) groups excluding carboxylic acids is 1. The molecule has 1 heterocycles. The Morgan fingerprint density at radius 1 is 1.31 bits per heavy atom. The molecule has 0 spiro atoms. The van der Waals surface area contributed by atoms with Gasteiger partial charge in [0.15, 0.2) is 6.61 Å². The van der Waals surface area contributed by atoms with Crippen molar-refractivity contribution in [2.24, 2.45) is 0 Å². The van der Waals surface area contributed by atoms with Crippen LogP contribution in [-0.2, 0) is 4.79 Å². The van der Waals surface area contributed by atoms with Crippen LogP contribution in [0.15, 0.2) is 18.2 Å². The number of benzene rings is 1. The van der Waals surface area contributed by atoms with Crippen LogP contribution in [0.4, 0.5) is 0 Å². The van der Waals surface area contributed by atoms with Crippen molar-refractivity contribution in [2.45, 2.75) is 6.42 Å². The summed E-state index contributed by atoms with van der Waals surface area (Å²) in [5, 5.41) is 0.902. The van der Waals surface area contributed by atoms with Crippen LogP contribution >= 0.6 is 23.2 Å². The van der Waals surface area contributed by atoms with E-state index in [0.717, 1.165) is 19.5 Å². The molecular weight excluding hydrogens is 249 g/mol. The van der Waals surface area contributed by atoms with Gasteiger partial charge in [-0.05, 0) is 18.6 Å². The molecule has 1 aromatic carbocycles. The number of likely N-dealkylation sites (tertiary alicyclic amines) is 1. The van der Waals surface area contributed by atoms with Crippen molar-refractivity contribution < 1.29 is 9.53 Å². The van der Waals surface area contributed by atoms with Gasteiger partial charge in [-0.15, -0.1) is 0 Å². The van der Waals surface area contributed by atoms with Crippen molar-refractivity contribution in [3.05, 3.63) is 28.2 Å². The molecule has 1 aliphatic heterocycles. The minimum absolute atomic E-state index is 0.0114. The topological polar surface area (TPSA) is 29.5 Å². The highest BCUT2D eigenvalue weighted by atomic mass is 35.5. The third kappa shape index (κ3) is 2.60. The maximum absolute atomic E-state index is 11.5. The summed E-state index contributed by atoms with van der Waals surface area (Å²) in [7, 11) is 0. The second-order valence-corrected chi connectivity index (χ2v) is 4.41. The molecule has 16 heavy (non-hydrogen) atoms. The molecule has 0 saturated carbocycles. The number of halogens is 2. The normalized spacial score (nSPS) is 14.5. The number of ether oxygens (including phenoxy) is 1. The van der Waals surface area contributed by atoms with E-state index in [9.17, 15) is 4.79 Å². The summed E-state index contributed by atoms with van der Waals surface area (Å²) >= 11 is 11.6. The highest BCUT2D eigenvalue weighted by Gasteiger charge is 2.20. The van der Waals surface area contributed by atoms with Crippen molar-refractivity contribution in [2.75, 3.05) is 19.7 Å². The lowest BCUT2D eigenvalue weighted by Gasteiger charge is -2.30. The predicted octanol–water partition coefficient (Wildman–Crippen LogP) is 2.60. The Morgan fingerprint density at radius 2 is 2.06 bits per heavy atom. The highest BCUT2D eigenvalue weighted by Crippen LogP contribution is 2.26. The molecule has 0 N–H and O–H groups in total. The number of amides is 1. The molecule has 0 aliphatic carbocycles. The summed E-state index contributed by atoms with van der Waals surface area (Å²) in [6, 6.07) is 4.94. The molecule has 1 saturated heterocycles. The van der Waals surface area contributed by atoms with E-state index in [-0.39, 0.29) is 12.5 Å². The van der Waals surface area contributed by atoms with E-state index in [1.165, 1.54) is 0 Å². The van der Waals surface area contributed by atoms with E-state index in [4.69, 9.17) is 27.9 Å². The second-order valence-electron chi connectivity index (χ2n) is 3.60. The molecule has 1 aliphatic rings. The van der Waals surface area contributed by atoms with Crippen LogP contribution in [0.2, 0.25) is 10.0 Å². The number of hydrogen-bond acceptors (Lipinski definition) is 2. The smallest absolute Gasteiger partial charge is 0.260 e. The Hall–Kier alpha value is -0.930. The van der Waals surface area contributed by atoms with Gasteiger partial charge in [0.2, 0.25) is 0 Å². The van der Waals surface area contributed by atoms with Crippen LogP contribution in [0.25, 0.3) is 0 Å². The predicted molar refractivity (Wildman–Crippen MR) is 63.2 cm³/mol. The maximum Gasteiger partial charge on any atom is 0.260 e. The van der Waals surface area contributed by atoms with E-state index in [1.54, 1.807) is 23.1 Å². The van der Waals surface area contributed by atoms with E-state index in [2.05, 4.69) is 0 Å². The lowest BCUT2D eigenvalue weighted by molar-refractivity contribution is -0.136. The van der Waals surface area contributed by atoms with Gasteiger partial charge >= 0.3 is 0 Å². The minimum Gasteiger partial charge on any atom is -0.484 e. The molecule has 0 atom stereocenters. The van der Waals surface area contributed by atoms with E-state index in [0.29, 0.717) is 15.8 Å². The molecule has 0 bridgehead atoms. The zero-order chi connectivity index (χ0) is 11.5. The molecule has 1 fully saturated rings. The van der Waals surface area contributed by atoms with E-state index < -0.39 is 0 Å². The van der Waals surface area contributed by atoms with Gasteiger partial charge in [-0.3, -0.25) is 4.79 Å². The molecule has 1 amide bonds. The standard InChI is InChI=1S/C11H11Cl2NO2/c12-9-3-2-8(6-10(9)13)16-7-11(15)14-4-1-5-14/h2-3,6H,1,4-5,7H2. The quantitative estimate of drug-likeness (QED) is 0.836. The first-order chi connectivity index (χ1) is 7.66. The largest absolute Gasteiger partial charge is 0.484 e. The lowest BCUT2D eigenvalue weighted by atomic mass is 10.2. The van der Waals surface area contributed by atoms with Gasteiger partial charge < -0.3 is 9.64 Å². The van der Waals surface area contributed by atoms with Gasteiger partial charge in [0.25, 0.3) is 5.91 Å². The fraction of sp³-hybridized carbons (Fsp3) is 0.364. The number of nitrogens with zero attached hydrogens (tertiary/aromatic N) is 1. The fourth-order valence-electron chi connectivity index (χ4n) is 1.37. The number of carbonyl (C=O) groups is 1. The zero-order valence-electron chi connectivity index (χ0n) is 8.58. The van der Waals surface area contributed by atoms with Crippen molar-refractivity contribution in [1.29, 1.82) is 0 Å². The average Bonchev–Trinajstić information content (AvgIpc) is 2.17. The zero-order valence-corrected chi connectivity index (χ0v) is 10.1. The molecule has 5 heteroatoms. The summed E-state index contributed by atoms with van der Waals surface area (Å²) < 4.78 is 5.33. The van der Waals surface area contributed by atoms with Gasteiger partial charge in [-0.25, -0.2) is 0 Å². The monoisotopic (exact) mass is 259 g/mol. The SMILES string of the molecule is O=C(COc1ccc(Cl)c(Cl)c1)N1CCC1. The number of hydrogen-bond donors (Lipinski definition) is 0. The molecule has 0 radical (unpaired) electrons. The van der Waals surface area contributed by atoms with Gasteiger partial charge in [0.05, 0.1) is 10.0 Å². The minimum atomic E-state index is 0.0114. The lowest BCUT2D eigenvalue weighted by Crippen LogP contribution is -2.44. The highest BCUT2D eigenvalue weighted by molar-refractivity contribution is 6.42. The molecule has 86 valence electrons. The van der Waals surface area contributed by atoms with Crippen molar-refractivity contribution in [3.63, 3.8) is 0 Å². The average molecular weight is 260 g/mol. The second kappa shape index (κ2) is 4.93. The van der Waals surface area contributed by atoms with Gasteiger partial charge in [-0.2, -0.15) is 0 Å². The Morgan fingerprint density at radius 3 is 2.62 bits per heavy atom. The van der Waals surface area contributed by atoms with Gasteiger partial charge in [-0.1, -0.05) is 23.2 Å². The van der Waals surface area contributed by atoms with Crippen LogP contribution in [0.3, 0.4) is 0 Å². The van der Waals surface area contributed by atoms with Crippen LogP contribution in [-0.4, -0.2) is 30.5 Å². The Kier molecular flexibility index (Phi) is 3.56. The Bertz CT molecular complexity index is 405. The van der Waals surface area contributed by atoms with E-state index >= 15 is 0 Å². The molecule has 2 rings (SSSR count). The third-order valence-corrected chi connectivity index (χ3v) is 3.20. The molecule has 0 aromatic heterocycles. The first kappa shape index (κ1) is 11.6. The van der Waals surface area contributed by atoms with Gasteiger partial charge in [0, 0.05) is 19.2 Å². The summed E-state index contributed by atoms with van der Waals surface area (Å²) in [6.45, 7) is 1.73. The fourth-order valence-corrected chi connectivity index (χ4v) is 1.66. The van der Waals surface area contributed by atoms with Crippen LogP contribution in [0, 0.1) is 0 Å². The summed E-state index contributed by atoms with van der Waals surface area (Å²) in [5.41, 5.74) is 0. The Labute approximate surface area is 104 Å². The third-order valence-electron chi connectivity index (χ3n) is 2.46. The van der Waals surface area contributed by atoms with Crippen LogP contribution in [0.5, 0.6) is 5.75 Å². The maximum atomic E-state index is 11.5. The van der Waals surface area contributed by atoms with E-state index in [1.807, 2.05) is 0 Å². The molecule has 3 nitrogen and oxygen atoms in total. The first-order valence-corrected chi connectivity index (χ1v) is 5.78. The van der Waals surface area contributed by atoms with Crippen LogP contribution in [0.1, 0.15) is 6.42 Å². The summed E-state index contributed by atoms with van der Waals surface area (Å²) in [5.74, 6) is 0.570. The summed E-state index contributed by atoms with van der Waals surface area (Å²) in [6.07, 6.45) is 1.08. The molecule has 0 unspecified atom stereocenters. The first-order valence-electron chi connectivity index (χ1n) is 5.02. The van der Waals surface area contributed by atoms with Crippen molar-refractivity contribution in [1.82, 2.24) is 4.90 Å². The van der Waals surface area contributed by atoms with Gasteiger partial charge in [0.1, 0.15) is 5.75 Å². The summed E-state index contributed by atoms with van der Waals surface area (Å²) in [4.78, 5) is 13.3. The number of rotatable bonds is 3. The van der Waals surface area contributed by atoms with Crippen LogP contribution < -0.4 is 4.74 Å². The van der Waals surface area contributed by atoms with Crippen molar-refractivity contribution in [3.8, 4) is 5.75 Å². The molecular formula is C11H11Cl2NO2.